The second-order valence-electron chi connectivity index (χ2n) is 10.2. The Kier molecular flexibility index (Phi) is 6.97. The fourth-order valence-corrected chi connectivity index (χ4v) is 5.35. The number of aromatic nitrogens is 1. The van der Waals surface area contributed by atoms with Crippen molar-refractivity contribution in [3.8, 4) is 11.5 Å². The summed E-state index contributed by atoms with van der Waals surface area (Å²) in [5.74, 6) is -1.01. The summed E-state index contributed by atoms with van der Waals surface area (Å²) in [6.45, 7) is 4.04. The van der Waals surface area contributed by atoms with E-state index < -0.39 is 23.5 Å². The molecule has 1 aliphatic heterocycles. The molecule has 1 saturated carbocycles. The molecule has 2 aromatic carbocycles. The Balaban J connectivity index is 1.48. The molecule has 8 nitrogen and oxygen atoms in total. The molecule has 5 rings (SSSR count). The van der Waals surface area contributed by atoms with Crippen LogP contribution in [0.2, 0.25) is 0 Å². The van der Waals surface area contributed by atoms with Crippen LogP contribution in [0.5, 0.6) is 11.5 Å². The third kappa shape index (κ3) is 4.90. The average Bonchev–Trinajstić information content (AvgIpc) is 3.44. The summed E-state index contributed by atoms with van der Waals surface area (Å²) in [5.41, 5.74) is 1.88. The van der Waals surface area contributed by atoms with Crippen molar-refractivity contribution in [2.24, 2.45) is 5.92 Å². The largest absolute Gasteiger partial charge is 0.481 e. The first-order chi connectivity index (χ1) is 18.3. The van der Waals surface area contributed by atoms with E-state index in [1.165, 1.54) is 4.57 Å². The van der Waals surface area contributed by atoms with Crippen LogP contribution in [0.25, 0.3) is 0 Å². The number of fused-ring (bicyclic) bond motifs is 1. The quantitative estimate of drug-likeness (QED) is 0.416. The summed E-state index contributed by atoms with van der Waals surface area (Å²) in [6.07, 6.45) is 4.51. The number of pyridine rings is 1. The van der Waals surface area contributed by atoms with Crippen LogP contribution in [0.3, 0.4) is 0 Å². The van der Waals surface area contributed by atoms with Gasteiger partial charge in [-0.05, 0) is 54.7 Å². The van der Waals surface area contributed by atoms with E-state index in [1.807, 2.05) is 50.2 Å². The first-order valence-electron chi connectivity index (χ1n) is 13.0. The Morgan fingerprint density at radius 3 is 2.61 bits per heavy atom. The van der Waals surface area contributed by atoms with Crippen LogP contribution in [0.1, 0.15) is 60.9 Å². The minimum absolute atomic E-state index is 0.0984. The molecule has 2 N–H and O–H groups in total. The number of carbonyl (C=O) groups excluding carboxylic acids is 1. The molecule has 1 fully saturated rings. The number of nitrogens with zero attached hydrogens (tertiary/aromatic N) is 1. The van der Waals surface area contributed by atoms with Crippen LogP contribution in [0.15, 0.2) is 65.6 Å². The highest BCUT2D eigenvalue weighted by atomic mass is 16.7. The number of unbranched alkanes of at least 4 members (excludes halogenated alkanes) is 1. The Bertz CT molecular complexity index is 1420. The molecule has 1 amide bonds. The second kappa shape index (κ2) is 10.4. The van der Waals surface area contributed by atoms with Crippen LogP contribution in [-0.2, 0) is 21.5 Å². The van der Waals surface area contributed by atoms with Gasteiger partial charge in [-0.2, -0.15) is 0 Å². The number of carboxylic acids is 1. The van der Waals surface area contributed by atoms with Gasteiger partial charge in [0.1, 0.15) is 6.04 Å². The Morgan fingerprint density at radius 1 is 1.13 bits per heavy atom. The highest BCUT2D eigenvalue weighted by molar-refractivity contribution is 5.85. The van der Waals surface area contributed by atoms with Crippen molar-refractivity contribution in [3.63, 3.8) is 0 Å². The number of carbonyl (C=O) groups is 2. The first-order valence-corrected chi connectivity index (χ1v) is 13.0. The molecule has 0 saturated heterocycles. The van der Waals surface area contributed by atoms with Crippen LogP contribution in [0, 0.1) is 12.8 Å². The van der Waals surface area contributed by atoms with Crippen molar-refractivity contribution in [1.29, 1.82) is 0 Å². The highest BCUT2D eigenvalue weighted by Gasteiger charge is 2.61. The van der Waals surface area contributed by atoms with Crippen LogP contribution in [-0.4, -0.2) is 28.3 Å². The van der Waals surface area contributed by atoms with Gasteiger partial charge in [0.25, 0.3) is 5.56 Å². The molecule has 2 aliphatic rings. The zero-order valence-electron chi connectivity index (χ0n) is 21.6. The lowest BCUT2D eigenvalue weighted by atomic mass is 9.99. The van der Waals surface area contributed by atoms with Gasteiger partial charge in [-0.25, -0.2) is 0 Å². The van der Waals surface area contributed by atoms with Gasteiger partial charge in [0, 0.05) is 18.2 Å². The van der Waals surface area contributed by atoms with Crippen molar-refractivity contribution >= 4 is 11.9 Å². The highest BCUT2D eigenvalue weighted by Crippen LogP contribution is 2.54. The maximum absolute atomic E-state index is 13.9. The van der Waals surface area contributed by atoms with E-state index in [9.17, 15) is 19.5 Å². The Hall–Kier alpha value is -4.07. The monoisotopic (exact) mass is 516 g/mol. The SMILES string of the molecule is CCCCC(C(=O)NC1(c2ccc3c(c2)OCO3)C[C@H]1C(=O)O)n1cc(C)cc(Cc2ccccc2)c1=O. The van der Waals surface area contributed by atoms with Gasteiger partial charge in [0.05, 0.1) is 11.5 Å². The van der Waals surface area contributed by atoms with Gasteiger partial charge in [0.15, 0.2) is 11.5 Å². The average molecular weight is 517 g/mol. The molecule has 38 heavy (non-hydrogen) atoms. The number of rotatable bonds is 10. The summed E-state index contributed by atoms with van der Waals surface area (Å²) >= 11 is 0. The summed E-state index contributed by atoms with van der Waals surface area (Å²) in [6, 6.07) is 16.1. The molecular formula is C30H32N2O6. The van der Waals surface area contributed by atoms with Crippen molar-refractivity contribution in [2.45, 2.75) is 57.5 Å². The standard InChI is InChI=1S/C30H32N2O6/c1-3-4-10-24(32-17-19(2)13-21(28(32)34)14-20-8-6-5-7-9-20)27(33)31-30(16-23(30)29(35)36)22-11-12-25-26(15-22)38-18-37-25/h5-9,11-13,15,17,23-24H,3-4,10,14,16,18H2,1-2H3,(H,31,33)(H,35,36)/t23-,24?,30?/m0/s1. The van der Waals surface area contributed by atoms with E-state index >= 15 is 0 Å². The number of aryl methyl sites for hydroxylation is 1. The van der Waals surface area contributed by atoms with Crippen LogP contribution in [0.4, 0.5) is 0 Å². The van der Waals surface area contributed by atoms with Crippen LogP contribution >= 0.6 is 0 Å². The molecule has 1 aromatic heterocycles. The molecule has 3 aromatic rings. The summed E-state index contributed by atoms with van der Waals surface area (Å²) in [7, 11) is 0. The van der Waals surface area contributed by atoms with E-state index in [0.717, 1.165) is 24.0 Å². The van der Waals surface area contributed by atoms with Crippen LogP contribution < -0.4 is 20.3 Å². The zero-order chi connectivity index (χ0) is 26.9. The maximum Gasteiger partial charge on any atom is 0.309 e. The van der Waals surface area contributed by atoms with E-state index in [0.29, 0.717) is 35.5 Å². The number of aliphatic carboxylic acids is 1. The maximum atomic E-state index is 13.9. The molecule has 1 aliphatic carbocycles. The van der Waals surface area contributed by atoms with E-state index in [-0.39, 0.29) is 24.7 Å². The smallest absolute Gasteiger partial charge is 0.309 e. The van der Waals surface area contributed by atoms with Gasteiger partial charge < -0.3 is 24.5 Å². The summed E-state index contributed by atoms with van der Waals surface area (Å²) in [4.78, 5) is 39.6. The van der Waals surface area contributed by atoms with Gasteiger partial charge in [-0.1, -0.05) is 56.2 Å². The summed E-state index contributed by atoms with van der Waals surface area (Å²) in [5, 5.41) is 12.9. The molecule has 0 radical (unpaired) electrons. The topological polar surface area (TPSA) is 107 Å². The third-order valence-electron chi connectivity index (χ3n) is 7.45. The van der Waals surface area contributed by atoms with Crippen molar-refractivity contribution in [2.75, 3.05) is 6.79 Å². The molecule has 198 valence electrons. The van der Waals surface area contributed by atoms with Gasteiger partial charge in [-0.3, -0.25) is 14.4 Å². The van der Waals surface area contributed by atoms with E-state index in [4.69, 9.17) is 9.47 Å². The van der Waals surface area contributed by atoms with Crippen molar-refractivity contribution < 1.29 is 24.2 Å². The van der Waals surface area contributed by atoms with E-state index in [1.54, 1.807) is 24.4 Å². The predicted molar refractivity (Wildman–Crippen MR) is 141 cm³/mol. The van der Waals surface area contributed by atoms with Crippen molar-refractivity contribution in [3.05, 3.63) is 93.4 Å². The molecular weight excluding hydrogens is 484 g/mol. The fourth-order valence-electron chi connectivity index (χ4n) is 5.35. The Labute approximate surface area is 221 Å². The number of benzene rings is 2. The number of hydrogen-bond acceptors (Lipinski definition) is 5. The fraction of sp³-hybridized carbons (Fsp3) is 0.367. The van der Waals surface area contributed by atoms with Gasteiger partial charge in [0.2, 0.25) is 12.7 Å². The predicted octanol–water partition coefficient (Wildman–Crippen LogP) is 4.32. The number of nitrogens with one attached hydrogen (secondary N) is 1. The zero-order valence-corrected chi connectivity index (χ0v) is 21.6. The minimum Gasteiger partial charge on any atom is -0.481 e. The lowest BCUT2D eigenvalue weighted by molar-refractivity contribution is -0.139. The third-order valence-corrected chi connectivity index (χ3v) is 7.45. The lowest BCUT2D eigenvalue weighted by Crippen LogP contribution is -2.44. The molecule has 8 heteroatoms. The van der Waals surface area contributed by atoms with Gasteiger partial charge >= 0.3 is 5.97 Å². The van der Waals surface area contributed by atoms with Gasteiger partial charge in [-0.15, -0.1) is 0 Å². The first kappa shape index (κ1) is 25.6. The molecule has 0 spiro atoms. The molecule has 0 bridgehead atoms. The number of hydrogen-bond donors (Lipinski definition) is 2. The summed E-state index contributed by atoms with van der Waals surface area (Å²) < 4.78 is 12.4. The molecule has 3 atom stereocenters. The number of carboxylic acid groups (broad SMARTS) is 1. The normalized spacial score (nSPS) is 20.1. The molecule has 2 heterocycles. The van der Waals surface area contributed by atoms with Crippen molar-refractivity contribution in [1.82, 2.24) is 9.88 Å². The Morgan fingerprint density at radius 2 is 1.89 bits per heavy atom. The van der Waals surface area contributed by atoms with E-state index in [2.05, 4.69) is 5.32 Å². The number of amides is 1. The minimum atomic E-state index is -1.07. The molecule has 2 unspecified atom stereocenters. The second-order valence-corrected chi connectivity index (χ2v) is 10.2. The number of ether oxygens (including phenoxy) is 2. The lowest BCUT2D eigenvalue weighted by Gasteiger charge is -2.26.